The highest BCUT2D eigenvalue weighted by molar-refractivity contribution is 5.92. The zero-order valence-electron chi connectivity index (χ0n) is 12.5. The van der Waals surface area contributed by atoms with Gasteiger partial charge in [0.2, 0.25) is 0 Å². The minimum Gasteiger partial charge on any atom is -0.355 e. The van der Waals surface area contributed by atoms with Gasteiger partial charge in [-0.15, -0.1) is 10.2 Å². The fourth-order valence-electron chi connectivity index (χ4n) is 2.56. The lowest BCUT2D eigenvalue weighted by atomic mass is 10.1. The third-order valence-electron chi connectivity index (χ3n) is 3.80. The number of H-pyrrole nitrogens is 1. The van der Waals surface area contributed by atoms with E-state index in [4.69, 9.17) is 0 Å². The summed E-state index contributed by atoms with van der Waals surface area (Å²) in [6.45, 7) is 2.57. The molecule has 1 saturated heterocycles. The highest BCUT2D eigenvalue weighted by atomic mass is 16.1. The van der Waals surface area contributed by atoms with Crippen LogP contribution in [0.1, 0.15) is 35.4 Å². The molecule has 0 unspecified atom stereocenters. The molecule has 0 aromatic carbocycles. The molecule has 3 heterocycles. The molecule has 7 nitrogen and oxygen atoms in total. The van der Waals surface area contributed by atoms with Crippen molar-refractivity contribution in [1.82, 2.24) is 25.5 Å². The van der Waals surface area contributed by atoms with Crippen molar-refractivity contribution in [3.05, 3.63) is 36.0 Å². The quantitative estimate of drug-likeness (QED) is 0.865. The molecule has 7 heteroatoms. The Morgan fingerprint density at radius 2 is 2.09 bits per heavy atom. The zero-order valence-corrected chi connectivity index (χ0v) is 12.5. The van der Waals surface area contributed by atoms with E-state index in [0.717, 1.165) is 24.6 Å². The number of piperidine rings is 1. The van der Waals surface area contributed by atoms with Crippen molar-refractivity contribution in [2.24, 2.45) is 0 Å². The first-order chi connectivity index (χ1) is 10.8. The summed E-state index contributed by atoms with van der Waals surface area (Å²) in [4.78, 5) is 21.2. The third-order valence-corrected chi connectivity index (χ3v) is 3.80. The van der Waals surface area contributed by atoms with Gasteiger partial charge >= 0.3 is 0 Å². The Hall–Kier alpha value is -2.44. The van der Waals surface area contributed by atoms with Crippen LogP contribution in [0.2, 0.25) is 0 Å². The predicted octanol–water partition coefficient (Wildman–Crippen LogP) is 1.16. The molecule has 116 valence electrons. The highest BCUT2D eigenvalue weighted by Crippen LogP contribution is 2.16. The van der Waals surface area contributed by atoms with E-state index < -0.39 is 0 Å². The van der Waals surface area contributed by atoms with E-state index in [2.05, 4.69) is 30.4 Å². The first-order valence-corrected chi connectivity index (χ1v) is 7.67. The van der Waals surface area contributed by atoms with Crippen LogP contribution in [0.3, 0.4) is 0 Å². The lowest BCUT2D eigenvalue weighted by Gasteiger charge is -2.27. The van der Waals surface area contributed by atoms with Gasteiger partial charge in [-0.1, -0.05) is 0 Å². The van der Waals surface area contributed by atoms with Gasteiger partial charge in [0.05, 0.1) is 6.33 Å². The van der Waals surface area contributed by atoms with Crippen LogP contribution in [-0.2, 0) is 6.42 Å². The fourth-order valence-corrected chi connectivity index (χ4v) is 2.56. The third kappa shape index (κ3) is 3.60. The van der Waals surface area contributed by atoms with Gasteiger partial charge < -0.3 is 15.2 Å². The topological polar surface area (TPSA) is 86.8 Å². The molecule has 0 spiro atoms. The fraction of sp³-hybridized carbons (Fsp3) is 0.467. The lowest BCUT2D eigenvalue weighted by Crippen LogP contribution is -2.31. The van der Waals surface area contributed by atoms with Gasteiger partial charge in [-0.25, -0.2) is 4.98 Å². The molecule has 1 amide bonds. The molecule has 2 aromatic rings. The molecule has 0 bridgehead atoms. The summed E-state index contributed by atoms with van der Waals surface area (Å²) in [5.41, 5.74) is 1.34. The average Bonchev–Trinajstić information content (AvgIpc) is 3.09. The number of nitrogens with one attached hydrogen (secondary N) is 2. The molecule has 0 radical (unpaired) electrons. The first-order valence-electron chi connectivity index (χ1n) is 7.67. The lowest BCUT2D eigenvalue weighted by molar-refractivity contribution is 0.0948. The molecule has 1 aliphatic heterocycles. The Kier molecular flexibility index (Phi) is 4.62. The minimum atomic E-state index is -0.197. The van der Waals surface area contributed by atoms with Crippen molar-refractivity contribution < 1.29 is 4.79 Å². The van der Waals surface area contributed by atoms with Crippen LogP contribution in [0.25, 0.3) is 0 Å². The van der Waals surface area contributed by atoms with Gasteiger partial charge in [0.1, 0.15) is 0 Å². The van der Waals surface area contributed by atoms with Crippen molar-refractivity contribution in [2.45, 2.75) is 25.7 Å². The van der Waals surface area contributed by atoms with Crippen LogP contribution < -0.4 is 10.2 Å². The number of carbonyl (C=O) groups excluding carboxylic acids is 1. The number of hydrogen-bond donors (Lipinski definition) is 2. The van der Waals surface area contributed by atoms with E-state index in [0.29, 0.717) is 18.7 Å². The van der Waals surface area contributed by atoms with Crippen molar-refractivity contribution in [3.63, 3.8) is 0 Å². The maximum absolute atomic E-state index is 12.0. The molecule has 0 saturated carbocycles. The molecule has 22 heavy (non-hydrogen) atoms. The summed E-state index contributed by atoms with van der Waals surface area (Å²) in [5.74, 6) is 0.658. The maximum atomic E-state index is 12.0. The van der Waals surface area contributed by atoms with E-state index in [1.165, 1.54) is 19.3 Å². The largest absolute Gasteiger partial charge is 0.355 e. The summed E-state index contributed by atoms with van der Waals surface area (Å²) >= 11 is 0. The SMILES string of the molecule is O=C(NCCc1cnc[nH]1)c1ccc(N2CCCCC2)nn1. The Balaban J connectivity index is 1.51. The van der Waals surface area contributed by atoms with Crippen LogP contribution in [0.15, 0.2) is 24.7 Å². The Morgan fingerprint density at radius 3 is 2.77 bits per heavy atom. The highest BCUT2D eigenvalue weighted by Gasteiger charge is 2.14. The molecular weight excluding hydrogens is 280 g/mol. The molecular formula is C15H20N6O. The van der Waals surface area contributed by atoms with E-state index in [1.807, 2.05) is 6.07 Å². The van der Waals surface area contributed by atoms with Gasteiger partial charge in [0, 0.05) is 37.9 Å². The molecule has 2 aromatic heterocycles. The molecule has 1 fully saturated rings. The summed E-state index contributed by atoms with van der Waals surface area (Å²) in [5, 5.41) is 11.1. The smallest absolute Gasteiger partial charge is 0.271 e. The van der Waals surface area contributed by atoms with Crippen LogP contribution >= 0.6 is 0 Å². The second-order valence-electron chi connectivity index (χ2n) is 5.41. The minimum absolute atomic E-state index is 0.197. The predicted molar refractivity (Wildman–Crippen MR) is 82.7 cm³/mol. The normalized spacial score (nSPS) is 14.8. The number of imidazole rings is 1. The number of rotatable bonds is 5. The summed E-state index contributed by atoms with van der Waals surface area (Å²) in [6.07, 6.45) is 7.75. The monoisotopic (exact) mass is 300 g/mol. The molecule has 2 N–H and O–H groups in total. The first kappa shape index (κ1) is 14.5. The number of anilines is 1. The van der Waals surface area contributed by atoms with Gasteiger partial charge in [-0.3, -0.25) is 4.79 Å². The number of hydrogen-bond acceptors (Lipinski definition) is 5. The van der Waals surface area contributed by atoms with E-state index in [1.54, 1.807) is 18.6 Å². The Morgan fingerprint density at radius 1 is 1.23 bits per heavy atom. The molecule has 3 rings (SSSR count). The number of aromatic amines is 1. The maximum Gasteiger partial charge on any atom is 0.271 e. The van der Waals surface area contributed by atoms with Crippen molar-refractivity contribution in [1.29, 1.82) is 0 Å². The Labute approximate surface area is 129 Å². The standard InChI is InChI=1S/C15H20N6O/c22-15(17-7-6-12-10-16-11-18-12)13-4-5-14(20-19-13)21-8-2-1-3-9-21/h4-5,10-11H,1-3,6-9H2,(H,16,18)(H,17,22). The number of amides is 1. The van der Waals surface area contributed by atoms with Gasteiger partial charge in [0.15, 0.2) is 11.5 Å². The summed E-state index contributed by atoms with van der Waals surface area (Å²) in [7, 11) is 0. The molecule has 0 aliphatic carbocycles. The number of carbonyl (C=O) groups is 1. The average molecular weight is 300 g/mol. The van der Waals surface area contributed by atoms with Crippen LogP contribution in [0.5, 0.6) is 0 Å². The van der Waals surface area contributed by atoms with E-state index in [9.17, 15) is 4.79 Å². The number of nitrogens with zero attached hydrogens (tertiary/aromatic N) is 4. The number of aromatic nitrogens is 4. The zero-order chi connectivity index (χ0) is 15.2. The van der Waals surface area contributed by atoms with Crippen LogP contribution in [0, 0.1) is 0 Å². The van der Waals surface area contributed by atoms with Crippen LogP contribution in [0.4, 0.5) is 5.82 Å². The summed E-state index contributed by atoms with van der Waals surface area (Å²) < 4.78 is 0. The van der Waals surface area contributed by atoms with Crippen molar-refractivity contribution in [2.75, 3.05) is 24.5 Å². The van der Waals surface area contributed by atoms with Gasteiger partial charge in [-0.2, -0.15) is 0 Å². The summed E-state index contributed by atoms with van der Waals surface area (Å²) in [6, 6.07) is 3.62. The van der Waals surface area contributed by atoms with Gasteiger partial charge in [0.25, 0.3) is 5.91 Å². The van der Waals surface area contributed by atoms with Crippen molar-refractivity contribution >= 4 is 11.7 Å². The molecule has 1 aliphatic rings. The molecule has 0 atom stereocenters. The Bertz CT molecular complexity index is 589. The second-order valence-corrected chi connectivity index (χ2v) is 5.41. The van der Waals surface area contributed by atoms with E-state index in [-0.39, 0.29) is 5.91 Å². The second kappa shape index (κ2) is 7.02. The van der Waals surface area contributed by atoms with Crippen LogP contribution in [-0.4, -0.2) is 45.7 Å². The van der Waals surface area contributed by atoms with Gasteiger partial charge in [-0.05, 0) is 31.4 Å². The van der Waals surface area contributed by atoms with Crippen molar-refractivity contribution in [3.8, 4) is 0 Å². The van der Waals surface area contributed by atoms with E-state index >= 15 is 0 Å².